The van der Waals surface area contributed by atoms with Crippen LogP contribution in [-0.2, 0) is 19.7 Å². The molecule has 0 spiro atoms. The standard InChI is InChI=1S/C26H28N4O6/c1-26(2,3)21-16-22(27-36-21)30-24(32)23(31)29(25(30)33)19-8-9-20(18-7-5-4-6-17(18)19)35-15-12-28-10-13-34-14-11-28/h4-9,16H,10-15H2,1-3H3. The second kappa shape index (κ2) is 9.36. The summed E-state index contributed by atoms with van der Waals surface area (Å²) in [4.78, 5) is 43.1. The van der Waals surface area contributed by atoms with Crippen LogP contribution in [0.5, 0.6) is 5.75 Å². The molecule has 3 heterocycles. The summed E-state index contributed by atoms with van der Waals surface area (Å²) in [6, 6.07) is 11.4. The van der Waals surface area contributed by atoms with Gasteiger partial charge in [-0.25, -0.2) is 14.6 Å². The molecule has 10 heteroatoms. The highest BCUT2D eigenvalue weighted by atomic mass is 16.5. The number of rotatable bonds is 6. The molecule has 0 bridgehead atoms. The number of amides is 4. The number of morpholine rings is 1. The van der Waals surface area contributed by atoms with Gasteiger partial charge in [-0.3, -0.25) is 14.5 Å². The first kappa shape index (κ1) is 24.0. The molecule has 188 valence electrons. The number of imide groups is 2. The van der Waals surface area contributed by atoms with Crippen LogP contribution in [0.4, 0.5) is 16.3 Å². The molecule has 2 saturated heterocycles. The second-order valence-corrected chi connectivity index (χ2v) is 9.79. The normalized spacial score (nSPS) is 17.5. The third-order valence-electron chi connectivity index (χ3n) is 6.31. The van der Waals surface area contributed by atoms with Gasteiger partial charge in [0, 0.05) is 41.9 Å². The summed E-state index contributed by atoms with van der Waals surface area (Å²) in [7, 11) is 0. The Hall–Kier alpha value is -3.76. The van der Waals surface area contributed by atoms with Gasteiger partial charge in [0.25, 0.3) is 0 Å². The van der Waals surface area contributed by atoms with Crippen molar-refractivity contribution in [3.63, 3.8) is 0 Å². The monoisotopic (exact) mass is 492 g/mol. The first-order valence-corrected chi connectivity index (χ1v) is 11.9. The molecule has 3 aromatic rings. The molecule has 2 aliphatic rings. The molecule has 0 N–H and O–H groups in total. The summed E-state index contributed by atoms with van der Waals surface area (Å²) in [5, 5.41) is 5.23. The van der Waals surface area contributed by atoms with E-state index in [0.29, 0.717) is 29.2 Å². The number of carbonyl (C=O) groups is 3. The van der Waals surface area contributed by atoms with Crippen LogP contribution in [0.15, 0.2) is 47.0 Å². The predicted molar refractivity (Wildman–Crippen MR) is 132 cm³/mol. The minimum absolute atomic E-state index is 0.0156. The maximum absolute atomic E-state index is 13.3. The lowest BCUT2D eigenvalue weighted by atomic mass is 9.93. The van der Waals surface area contributed by atoms with Gasteiger partial charge in [-0.05, 0) is 12.1 Å². The topological polar surface area (TPSA) is 105 Å². The Bertz CT molecular complexity index is 1320. The molecule has 10 nitrogen and oxygen atoms in total. The van der Waals surface area contributed by atoms with Crippen molar-refractivity contribution in [3.05, 3.63) is 48.2 Å². The third kappa shape index (κ3) is 4.33. The predicted octanol–water partition coefficient (Wildman–Crippen LogP) is 3.34. The highest BCUT2D eigenvalue weighted by Crippen LogP contribution is 2.37. The number of aromatic nitrogens is 1. The van der Waals surface area contributed by atoms with Crippen molar-refractivity contribution in [1.82, 2.24) is 10.1 Å². The molecular weight excluding hydrogens is 464 g/mol. The van der Waals surface area contributed by atoms with Gasteiger partial charge in [0.05, 0.1) is 18.9 Å². The zero-order chi connectivity index (χ0) is 25.4. The fourth-order valence-electron chi connectivity index (χ4n) is 4.29. The molecule has 5 rings (SSSR count). The smallest absolute Gasteiger partial charge is 0.344 e. The van der Waals surface area contributed by atoms with E-state index in [0.717, 1.165) is 48.0 Å². The number of carbonyl (C=O) groups excluding carboxylic acids is 3. The fourth-order valence-corrected chi connectivity index (χ4v) is 4.29. The van der Waals surface area contributed by atoms with Gasteiger partial charge >= 0.3 is 17.8 Å². The average molecular weight is 493 g/mol. The highest BCUT2D eigenvalue weighted by Gasteiger charge is 2.48. The number of fused-ring (bicyclic) bond motifs is 1. The number of hydrogen-bond donors (Lipinski definition) is 0. The Labute approximate surface area is 208 Å². The summed E-state index contributed by atoms with van der Waals surface area (Å²) in [6.07, 6.45) is 0. The molecular formula is C26H28N4O6. The van der Waals surface area contributed by atoms with Gasteiger partial charge in [0.1, 0.15) is 18.1 Å². The van der Waals surface area contributed by atoms with Crippen LogP contribution in [0.1, 0.15) is 26.5 Å². The van der Waals surface area contributed by atoms with E-state index in [1.165, 1.54) is 6.07 Å². The van der Waals surface area contributed by atoms with Crippen LogP contribution in [0.25, 0.3) is 10.8 Å². The van der Waals surface area contributed by atoms with E-state index in [1.807, 2.05) is 32.9 Å². The molecule has 4 amide bonds. The quantitative estimate of drug-likeness (QED) is 0.381. The highest BCUT2D eigenvalue weighted by molar-refractivity contribution is 6.60. The molecule has 0 radical (unpaired) electrons. The van der Waals surface area contributed by atoms with E-state index < -0.39 is 17.8 Å². The lowest BCUT2D eigenvalue weighted by Crippen LogP contribution is -2.38. The number of urea groups is 1. The van der Waals surface area contributed by atoms with Crippen LogP contribution >= 0.6 is 0 Å². The van der Waals surface area contributed by atoms with E-state index in [-0.39, 0.29) is 11.2 Å². The number of benzene rings is 2. The second-order valence-electron chi connectivity index (χ2n) is 9.79. The number of anilines is 2. The first-order valence-electron chi connectivity index (χ1n) is 11.9. The van der Waals surface area contributed by atoms with E-state index >= 15 is 0 Å². The summed E-state index contributed by atoms with van der Waals surface area (Å²) >= 11 is 0. The Morgan fingerprint density at radius 3 is 2.33 bits per heavy atom. The van der Waals surface area contributed by atoms with Crippen molar-refractivity contribution in [2.24, 2.45) is 0 Å². The summed E-state index contributed by atoms with van der Waals surface area (Å²) in [5.74, 6) is -0.822. The van der Waals surface area contributed by atoms with E-state index in [2.05, 4.69) is 10.1 Å². The molecule has 36 heavy (non-hydrogen) atoms. The Kier molecular flexibility index (Phi) is 6.23. The van der Waals surface area contributed by atoms with Crippen molar-refractivity contribution in [1.29, 1.82) is 0 Å². The maximum atomic E-state index is 13.3. The van der Waals surface area contributed by atoms with Crippen LogP contribution in [-0.4, -0.2) is 67.4 Å². The first-order chi connectivity index (χ1) is 17.3. The Morgan fingerprint density at radius 2 is 1.64 bits per heavy atom. The van der Waals surface area contributed by atoms with E-state index in [9.17, 15) is 14.4 Å². The number of ether oxygens (including phenoxy) is 2. The van der Waals surface area contributed by atoms with Gasteiger partial charge < -0.3 is 14.0 Å². The van der Waals surface area contributed by atoms with E-state index in [4.69, 9.17) is 14.0 Å². The lowest BCUT2D eigenvalue weighted by molar-refractivity contribution is -0.133. The number of nitrogens with zero attached hydrogens (tertiary/aromatic N) is 4. The van der Waals surface area contributed by atoms with Crippen molar-refractivity contribution in [3.8, 4) is 5.75 Å². The van der Waals surface area contributed by atoms with Crippen LogP contribution in [0.3, 0.4) is 0 Å². The summed E-state index contributed by atoms with van der Waals surface area (Å²) in [6.45, 7) is 10.2. The molecule has 2 aliphatic heterocycles. The summed E-state index contributed by atoms with van der Waals surface area (Å²) < 4.78 is 16.8. The van der Waals surface area contributed by atoms with Crippen LogP contribution < -0.4 is 14.5 Å². The third-order valence-corrected chi connectivity index (χ3v) is 6.31. The van der Waals surface area contributed by atoms with Crippen molar-refractivity contribution in [2.75, 3.05) is 49.3 Å². The van der Waals surface area contributed by atoms with Crippen LogP contribution in [0, 0.1) is 0 Å². The largest absolute Gasteiger partial charge is 0.492 e. The molecule has 0 saturated carbocycles. The van der Waals surface area contributed by atoms with E-state index in [1.54, 1.807) is 24.3 Å². The van der Waals surface area contributed by atoms with Crippen molar-refractivity contribution < 1.29 is 28.4 Å². The minimum atomic E-state index is -0.983. The van der Waals surface area contributed by atoms with Gasteiger partial charge in [-0.1, -0.05) is 50.2 Å². The zero-order valence-corrected chi connectivity index (χ0v) is 20.5. The van der Waals surface area contributed by atoms with Gasteiger partial charge in [0.15, 0.2) is 5.82 Å². The molecule has 0 aliphatic carbocycles. The lowest BCUT2D eigenvalue weighted by Gasteiger charge is -2.26. The van der Waals surface area contributed by atoms with Crippen molar-refractivity contribution >= 4 is 40.1 Å². The summed E-state index contributed by atoms with van der Waals surface area (Å²) in [5.41, 5.74) is -0.0780. The Balaban J connectivity index is 1.42. The molecule has 2 fully saturated rings. The van der Waals surface area contributed by atoms with Crippen LogP contribution in [0.2, 0.25) is 0 Å². The van der Waals surface area contributed by atoms with Gasteiger partial charge in [0.2, 0.25) is 0 Å². The zero-order valence-electron chi connectivity index (χ0n) is 20.5. The number of hydrogen-bond acceptors (Lipinski definition) is 8. The molecule has 1 aromatic heterocycles. The SMILES string of the molecule is CC(C)(C)c1cc(N2C(=O)C(=O)N(c3ccc(OCCN4CCOCC4)c4ccccc34)C2=O)no1. The maximum Gasteiger partial charge on any atom is 0.344 e. The Morgan fingerprint density at radius 1 is 0.944 bits per heavy atom. The minimum Gasteiger partial charge on any atom is -0.492 e. The average Bonchev–Trinajstić information content (AvgIpc) is 3.43. The van der Waals surface area contributed by atoms with Gasteiger partial charge in [-0.15, -0.1) is 0 Å². The molecule has 2 aromatic carbocycles. The molecule has 0 unspecified atom stereocenters. The molecule has 0 atom stereocenters. The fraction of sp³-hybridized carbons (Fsp3) is 0.385. The van der Waals surface area contributed by atoms with Crippen molar-refractivity contribution in [2.45, 2.75) is 26.2 Å². The van der Waals surface area contributed by atoms with Gasteiger partial charge in [-0.2, -0.15) is 0 Å².